The SMILES string of the molecule is Cc1ccn([C@@H]2O[C@@](CO)(N=[N+]=[N-])[C@@H](O)[C@@H]2O)c(=O)n1. The Balaban J connectivity index is 2.45. The number of aliphatic hydroxyl groups excluding tert-OH is 3. The highest BCUT2D eigenvalue weighted by atomic mass is 16.6. The van der Waals surface area contributed by atoms with Crippen molar-refractivity contribution in [1.82, 2.24) is 9.55 Å². The molecule has 0 saturated carbocycles. The molecule has 1 fully saturated rings. The summed E-state index contributed by atoms with van der Waals surface area (Å²) in [5, 5.41) is 32.3. The van der Waals surface area contributed by atoms with Crippen LogP contribution in [0.5, 0.6) is 0 Å². The molecule has 0 unspecified atom stereocenters. The van der Waals surface area contributed by atoms with Crippen LogP contribution in [-0.2, 0) is 4.74 Å². The van der Waals surface area contributed by atoms with E-state index in [4.69, 9.17) is 10.3 Å². The highest BCUT2D eigenvalue weighted by molar-refractivity contribution is 5.02. The molecule has 0 radical (unpaired) electrons. The van der Waals surface area contributed by atoms with Crippen LogP contribution >= 0.6 is 0 Å². The molecule has 3 N–H and O–H groups in total. The molecule has 0 bridgehead atoms. The predicted octanol–water partition coefficient (Wildman–Crippen LogP) is -1.20. The number of aryl methyl sites for hydroxylation is 1. The van der Waals surface area contributed by atoms with Crippen LogP contribution in [0, 0.1) is 6.92 Å². The summed E-state index contributed by atoms with van der Waals surface area (Å²) in [6.45, 7) is 0.768. The predicted molar refractivity (Wildman–Crippen MR) is 64.3 cm³/mol. The van der Waals surface area contributed by atoms with Gasteiger partial charge in [-0.3, -0.25) is 4.57 Å². The Bertz CT molecular complexity index is 612. The van der Waals surface area contributed by atoms with Gasteiger partial charge in [0.05, 0.1) is 6.61 Å². The second kappa shape index (κ2) is 5.19. The second-order valence-corrected chi connectivity index (χ2v) is 4.39. The maximum Gasteiger partial charge on any atom is 0.349 e. The normalized spacial score (nSPS) is 32.9. The van der Waals surface area contributed by atoms with Crippen molar-refractivity contribution in [2.45, 2.75) is 31.1 Å². The fourth-order valence-corrected chi connectivity index (χ4v) is 2.00. The van der Waals surface area contributed by atoms with E-state index in [0.717, 1.165) is 4.57 Å². The molecule has 10 heteroatoms. The lowest BCUT2D eigenvalue weighted by Gasteiger charge is -2.23. The summed E-state index contributed by atoms with van der Waals surface area (Å²) in [5.74, 6) is 0. The quantitative estimate of drug-likeness (QED) is 0.359. The van der Waals surface area contributed by atoms with Crippen molar-refractivity contribution in [3.05, 3.63) is 38.9 Å². The molecule has 108 valence electrons. The highest BCUT2D eigenvalue weighted by Gasteiger charge is 2.54. The Kier molecular flexibility index (Phi) is 3.75. The van der Waals surface area contributed by atoms with Crippen LogP contribution in [-0.4, -0.2) is 49.4 Å². The van der Waals surface area contributed by atoms with Gasteiger partial charge in [-0.25, -0.2) is 4.79 Å². The van der Waals surface area contributed by atoms with E-state index in [2.05, 4.69) is 15.0 Å². The van der Waals surface area contributed by atoms with Gasteiger partial charge in [-0.05, 0) is 18.5 Å². The van der Waals surface area contributed by atoms with Gasteiger partial charge in [0.15, 0.2) is 6.23 Å². The van der Waals surface area contributed by atoms with Gasteiger partial charge in [-0.2, -0.15) is 4.98 Å². The zero-order valence-corrected chi connectivity index (χ0v) is 10.5. The van der Waals surface area contributed by atoms with Crippen LogP contribution in [0.2, 0.25) is 0 Å². The summed E-state index contributed by atoms with van der Waals surface area (Å²) in [4.78, 5) is 17.9. The molecule has 2 heterocycles. The summed E-state index contributed by atoms with van der Waals surface area (Å²) >= 11 is 0. The number of rotatable bonds is 3. The van der Waals surface area contributed by atoms with Gasteiger partial charge in [-0.1, -0.05) is 5.11 Å². The van der Waals surface area contributed by atoms with Crippen molar-refractivity contribution in [2.75, 3.05) is 6.61 Å². The highest BCUT2D eigenvalue weighted by Crippen LogP contribution is 2.37. The number of nitrogens with zero attached hydrogens (tertiary/aromatic N) is 5. The standard InChI is InChI=1S/C10H13N5O5/c1-5-2-3-15(9(19)12-5)8-6(17)7(18)10(4-16,20-8)13-14-11/h2-3,6-8,16-18H,4H2,1H3/t6-,7-,8+,10+/m0/s1. The van der Waals surface area contributed by atoms with E-state index in [0.29, 0.717) is 5.69 Å². The minimum Gasteiger partial charge on any atom is -0.393 e. The average Bonchev–Trinajstić information content (AvgIpc) is 2.65. The molecule has 0 aliphatic carbocycles. The molecule has 1 aromatic heterocycles. The number of aromatic nitrogens is 2. The zero-order valence-electron chi connectivity index (χ0n) is 10.5. The molecular weight excluding hydrogens is 270 g/mol. The zero-order chi connectivity index (χ0) is 14.9. The van der Waals surface area contributed by atoms with Crippen molar-refractivity contribution < 1.29 is 20.1 Å². The topological polar surface area (TPSA) is 154 Å². The van der Waals surface area contributed by atoms with E-state index in [9.17, 15) is 20.1 Å². The van der Waals surface area contributed by atoms with Gasteiger partial charge in [0, 0.05) is 16.8 Å². The Morgan fingerprint density at radius 1 is 1.65 bits per heavy atom. The van der Waals surface area contributed by atoms with Crippen molar-refractivity contribution in [1.29, 1.82) is 0 Å². The van der Waals surface area contributed by atoms with E-state index < -0.39 is 36.5 Å². The van der Waals surface area contributed by atoms with Gasteiger partial charge in [0.25, 0.3) is 0 Å². The number of ether oxygens (including phenoxy) is 1. The maximum atomic E-state index is 11.7. The van der Waals surface area contributed by atoms with Crippen LogP contribution in [0.3, 0.4) is 0 Å². The van der Waals surface area contributed by atoms with Crippen molar-refractivity contribution in [2.24, 2.45) is 5.11 Å². The maximum absolute atomic E-state index is 11.7. The minimum absolute atomic E-state index is 0.475. The lowest BCUT2D eigenvalue weighted by molar-refractivity contribution is -0.125. The van der Waals surface area contributed by atoms with Crippen LogP contribution in [0.15, 0.2) is 22.2 Å². The fourth-order valence-electron chi connectivity index (χ4n) is 2.00. The van der Waals surface area contributed by atoms with Crippen molar-refractivity contribution >= 4 is 0 Å². The molecular formula is C10H13N5O5. The molecule has 4 atom stereocenters. The molecule has 0 spiro atoms. The summed E-state index contributed by atoms with van der Waals surface area (Å²) in [6, 6.07) is 1.51. The van der Waals surface area contributed by atoms with E-state index in [-0.39, 0.29) is 0 Å². The first-order valence-corrected chi connectivity index (χ1v) is 5.72. The molecule has 2 rings (SSSR count). The summed E-state index contributed by atoms with van der Waals surface area (Å²) in [7, 11) is 0. The molecule has 1 aromatic rings. The summed E-state index contributed by atoms with van der Waals surface area (Å²) in [5.41, 5.74) is 6.21. The molecule has 20 heavy (non-hydrogen) atoms. The number of hydrogen-bond acceptors (Lipinski definition) is 7. The van der Waals surface area contributed by atoms with Crippen LogP contribution in [0.1, 0.15) is 11.9 Å². The summed E-state index contributed by atoms with van der Waals surface area (Å²) < 4.78 is 6.17. The van der Waals surface area contributed by atoms with Crippen LogP contribution < -0.4 is 5.69 Å². The third kappa shape index (κ3) is 2.15. The molecule has 0 amide bonds. The molecule has 0 aromatic carbocycles. The monoisotopic (exact) mass is 283 g/mol. The Hall–Kier alpha value is -1.97. The van der Waals surface area contributed by atoms with Gasteiger partial charge in [0.1, 0.15) is 12.2 Å². The average molecular weight is 283 g/mol. The largest absolute Gasteiger partial charge is 0.393 e. The lowest BCUT2D eigenvalue weighted by atomic mass is 10.1. The van der Waals surface area contributed by atoms with Gasteiger partial charge >= 0.3 is 5.69 Å². The smallest absolute Gasteiger partial charge is 0.349 e. The number of azide groups is 1. The van der Waals surface area contributed by atoms with Gasteiger partial charge < -0.3 is 20.1 Å². The third-order valence-corrected chi connectivity index (χ3v) is 3.09. The first-order valence-electron chi connectivity index (χ1n) is 5.72. The molecule has 10 nitrogen and oxygen atoms in total. The van der Waals surface area contributed by atoms with Gasteiger partial charge in [0.2, 0.25) is 5.72 Å². The van der Waals surface area contributed by atoms with Crippen molar-refractivity contribution in [3.63, 3.8) is 0 Å². The first-order chi connectivity index (χ1) is 9.45. The van der Waals surface area contributed by atoms with E-state index in [1.807, 2.05) is 0 Å². The fraction of sp³-hybridized carbons (Fsp3) is 0.600. The van der Waals surface area contributed by atoms with Gasteiger partial charge in [-0.15, -0.1) is 0 Å². The van der Waals surface area contributed by atoms with Crippen LogP contribution in [0.4, 0.5) is 0 Å². The summed E-state index contributed by atoms with van der Waals surface area (Å²) in [6.07, 6.45) is -3.23. The Morgan fingerprint density at radius 3 is 2.90 bits per heavy atom. The van der Waals surface area contributed by atoms with E-state index in [1.54, 1.807) is 6.92 Å². The van der Waals surface area contributed by atoms with E-state index in [1.165, 1.54) is 12.3 Å². The van der Waals surface area contributed by atoms with E-state index >= 15 is 0 Å². The van der Waals surface area contributed by atoms with Crippen molar-refractivity contribution in [3.8, 4) is 0 Å². The Labute approximate surface area is 112 Å². The van der Waals surface area contributed by atoms with Crippen LogP contribution in [0.25, 0.3) is 10.4 Å². The second-order valence-electron chi connectivity index (χ2n) is 4.39. The first kappa shape index (κ1) is 14.4. The molecule has 1 aliphatic rings. The number of aliphatic hydroxyl groups is 3. The lowest BCUT2D eigenvalue weighted by Crippen LogP contribution is -2.44. The third-order valence-electron chi connectivity index (χ3n) is 3.09. The Morgan fingerprint density at radius 2 is 2.35 bits per heavy atom. The molecule has 1 saturated heterocycles. The number of hydrogen-bond donors (Lipinski definition) is 3. The minimum atomic E-state index is -2.04. The molecule has 1 aliphatic heterocycles.